The summed E-state index contributed by atoms with van der Waals surface area (Å²) in [6.07, 6.45) is 2.46. The fraction of sp³-hybridized carbons (Fsp3) is 0.250. The predicted molar refractivity (Wildman–Crippen MR) is 79.2 cm³/mol. The van der Waals surface area contributed by atoms with Crippen LogP contribution in [0.15, 0.2) is 42.7 Å². The quantitative estimate of drug-likeness (QED) is 0.934. The van der Waals surface area contributed by atoms with E-state index < -0.39 is 0 Å². The van der Waals surface area contributed by atoms with Gasteiger partial charge in [-0.25, -0.2) is 0 Å². The first-order chi connectivity index (χ1) is 10.6. The minimum Gasteiger partial charge on any atom is -0.506 e. The number of carbonyl (C=O) groups is 1. The molecule has 6 nitrogen and oxygen atoms in total. The second-order valence-electron chi connectivity index (χ2n) is 5.12. The van der Waals surface area contributed by atoms with E-state index in [1.54, 1.807) is 7.05 Å². The number of pyridine rings is 1. The first kappa shape index (κ1) is 14.2. The van der Waals surface area contributed by atoms with Crippen molar-refractivity contribution in [1.29, 1.82) is 0 Å². The molecule has 1 atom stereocenters. The summed E-state index contributed by atoms with van der Waals surface area (Å²) in [6, 6.07) is 8.82. The third kappa shape index (κ3) is 2.95. The van der Waals surface area contributed by atoms with E-state index in [4.69, 9.17) is 9.47 Å². The lowest BCUT2D eigenvalue weighted by molar-refractivity contribution is 0.0520. The maximum Gasteiger partial charge on any atom is 0.255 e. The molecule has 2 aromatic rings. The Bertz CT molecular complexity index is 689. The zero-order valence-electron chi connectivity index (χ0n) is 12.1. The van der Waals surface area contributed by atoms with E-state index in [0.717, 1.165) is 0 Å². The Hall–Kier alpha value is -2.76. The number of para-hydroxylation sites is 2. The molecular weight excluding hydrogens is 284 g/mol. The van der Waals surface area contributed by atoms with Crippen LogP contribution in [0.3, 0.4) is 0 Å². The summed E-state index contributed by atoms with van der Waals surface area (Å²) < 4.78 is 11.5. The van der Waals surface area contributed by atoms with Gasteiger partial charge < -0.3 is 19.5 Å². The molecular formula is C16H16N2O4. The van der Waals surface area contributed by atoms with E-state index in [0.29, 0.717) is 30.2 Å². The number of benzene rings is 1. The second kappa shape index (κ2) is 5.93. The maximum atomic E-state index is 12.3. The standard InChI is InChI=1S/C16H16N2O4/c1-18(16(20)11-6-12(19)8-17-7-11)9-13-10-21-14-4-2-3-5-15(14)22-13/h2-8,13,19H,9-10H2,1H3. The van der Waals surface area contributed by atoms with E-state index in [-0.39, 0.29) is 17.8 Å². The lowest BCUT2D eigenvalue weighted by atomic mass is 10.2. The number of ether oxygens (including phenoxy) is 2. The van der Waals surface area contributed by atoms with Gasteiger partial charge in [-0.2, -0.15) is 0 Å². The van der Waals surface area contributed by atoms with Gasteiger partial charge in [0.1, 0.15) is 12.4 Å². The number of hydrogen-bond acceptors (Lipinski definition) is 5. The summed E-state index contributed by atoms with van der Waals surface area (Å²) in [4.78, 5) is 17.6. The zero-order valence-corrected chi connectivity index (χ0v) is 12.1. The van der Waals surface area contributed by atoms with Gasteiger partial charge in [0, 0.05) is 13.2 Å². The molecule has 1 N–H and O–H groups in total. The Morgan fingerprint density at radius 1 is 1.36 bits per heavy atom. The van der Waals surface area contributed by atoms with Crippen molar-refractivity contribution in [2.24, 2.45) is 0 Å². The normalized spacial score (nSPS) is 16.1. The molecule has 3 rings (SSSR count). The lowest BCUT2D eigenvalue weighted by Gasteiger charge is -2.29. The van der Waals surface area contributed by atoms with Crippen LogP contribution in [-0.4, -0.2) is 47.2 Å². The van der Waals surface area contributed by atoms with Gasteiger partial charge in [0.2, 0.25) is 0 Å². The topological polar surface area (TPSA) is 71.9 Å². The summed E-state index contributed by atoms with van der Waals surface area (Å²) in [5.41, 5.74) is 0.333. The van der Waals surface area contributed by atoms with Crippen molar-refractivity contribution in [1.82, 2.24) is 9.88 Å². The SMILES string of the molecule is CN(CC1COc2ccccc2O1)C(=O)c1cncc(O)c1. The van der Waals surface area contributed by atoms with Gasteiger partial charge in [-0.05, 0) is 18.2 Å². The zero-order chi connectivity index (χ0) is 15.5. The van der Waals surface area contributed by atoms with Crippen molar-refractivity contribution in [2.45, 2.75) is 6.10 Å². The molecule has 0 aliphatic carbocycles. The molecule has 114 valence electrons. The van der Waals surface area contributed by atoms with Gasteiger partial charge in [-0.3, -0.25) is 9.78 Å². The van der Waals surface area contributed by atoms with Crippen molar-refractivity contribution in [3.8, 4) is 17.2 Å². The summed E-state index contributed by atoms with van der Waals surface area (Å²) >= 11 is 0. The van der Waals surface area contributed by atoms with Crippen LogP contribution in [0.1, 0.15) is 10.4 Å². The number of aromatic nitrogens is 1. The number of hydrogen-bond donors (Lipinski definition) is 1. The molecule has 0 fully saturated rings. The average molecular weight is 300 g/mol. The molecule has 0 spiro atoms. The summed E-state index contributed by atoms with van der Waals surface area (Å²) in [6.45, 7) is 0.760. The predicted octanol–water partition coefficient (Wildman–Crippen LogP) is 1.70. The molecule has 2 heterocycles. The minimum atomic E-state index is -0.242. The van der Waals surface area contributed by atoms with Crippen LogP contribution < -0.4 is 9.47 Å². The Morgan fingerprint density at radius 3 is 2.91 bits per heavy atom. The number of fused-ring (bicyclic) bond motifs is 1. The lowest BCUT2D eigenvalue weighted by Crippen LogP contribution is -2.41. The first-order valence-corrected chi connectivity index (χ1v) is 6.91. The Labute approximate surface area is 127 Å². The maximum absolute atomic E-state index is 12.3. The van der Waals surface area contributed by atoms with Crippen LogP contribution in [0.4, 0.5) is 0 Å². The van der Waals surface area contributed by atoms with Crippen LogP contribution in [0, 0.1) is 0 Å². The summed E-state index contributed by atoms with van der Waals surface area (Å²) in [5.74, 6) is 1.12. The summed E-state index contributed by atoms with van der Waals surface area (Å²) in [7, 11) is 1.68. The summed E-state index contributed by atoms with van der Waals surface area (Å²) in [5, 5.41) is 9.40. The third-order valence-corrected chi connectivity index (χ3v) is 3.36. The number of likely N-dealkylation sites (N-methyl/N-ethyl adjacent to an activating group) is 1. The molecule has 1 aliphatic rings. The average Bonchev–Trinajstić information content (AvgIpc) is 2.54. The third-order valence-electron chi connectivity index (χ3n) is 3.36. The highest BCUT2D eigenvalue weighted by molar-refractivity contribution is 5.94. The first-order valence-electron chi connectivity index (χ1n) is 6.91. The van der Waals surface area contributed by atoms with Crippen molar-refractivity contribution in [3.63, 3.8) is 0 Å². The highest BCUT2D eigenvalue weighted by Gasteiger charge is 2.24. The molecule has 1 aliphatic heterocycles. The van der Waals surface area contributed by atoms with Crippen molar-refractivity contribution >= 4 is 5.91 Å². The van der Waals surface area contributed by atoms with Gasteiger partial charge in [-0.15, -0.1) is 0 Å². The van der Waals surface area contributed by atoms with Gasteiger partial charge >= 0.3 is 0 Å². The number of nitrogens with zero attached hydrogens (tertiary/aromatic N) is 2. The van der Waals surface area contributed by atoms with Crippen molar-refractivity contribution in [3.05, 3.63) is 48.3 Å². The van der Waals surface area contributed by atoms with E-state index in [1.807, 2.05) is 24.3 Å². The highest BCUT2D eigenvalue weighted by Crippen LogP contribution is 2.31. The van der Waals surface area contributed by atoms with E-state index >= 15 is 0 Å². The number of carbonyl (C=O) groups excluding carboxylic acids is 1. The smallest absolute Gasteiger partial charge is 0.255 e. The van der Waals surface area contributed by atoms with Crippen molar-refractivity contribution < 1.29 is 19.4 Å². The van der Waals surface area contributed by atoms with E-state index in [1.165, 1.54) is 23.4 Å². The van der Waals surface area contributed by atoms with Gasteiger partial charge in [0.25, 0.3) is 5.91 Å². The molecule has 1 aromatic carbocycles. The van der Waals surface area contributed by atoms with Crippen LogP contribution in [0.5, 0.6) is 17.2 Å². The minimum absolute atomic E-state index is 0.0366. The molecule has 0 saturated carbocycles. The molecule has 22 heavy (non-hydrogen) atoms. The van der Waals surface area contributed by atoms with Crippen LogP contribution >= 0.6 is 0 Å². The number of amides is 1. The van der Waals surface area contributed by atoms with Gasteiger partial charge in [-0.1, -0.05) is 12.1 Å². The largest absolute Gasteiger partial charge is 0.506 e. The molecule has 1 unspecified atom stereocenters. The monoisotopic (exact) mass is 300 g/mol. The van der Waals surface area contributed by atoms with E-state index in [2.05, 4.69) is 4.98 Å². The highest BCUT2D eigenvalue weighted by atomic mass is 16.6. The number of aromatic hydroxyl groups is 1. The van der Waals surface area contributed by atoms with Crippen LogP contribution in [0.2, 0.25) is 0 Å². The molecule has 6 heteroatoms. The molecule has 1 amide bonds. The molecule has 0 bridgehead atoms. The van der Waals surface area contributed by atoms with E-state index in [9.17, 15) is 9.90 Å². The Morgan fingerprint density at radius 2 is 2.14 bits per heavy atom. The van der Waals surface area contributed by atoms with Crippen molar-refractivity contribution in [2.75, 3.05) is 20.2 Å². The molecule has 0 saturated heterocycles. The van der Waals surface area contributed by atoms with Crippen LogP contribution in [-0.2, 0) is 0 Å². The Balaban J connectivity index is 1.65. The fourth-order valence-corrected chi connectivity index (χ4v) is 2.31. The second-order valence-corrected chi connectivity index (χ2v) is 5.12. The molecule has 1 aromatic heterocycles. The van der Waals surface area contributed by atoms with Crippen LogP contribution in [0.25, 0.3) is 0 Å². The number of rotatable bonds is 3. The van der Waals surface area contributed by atoms with Gasteiger partial charge in [0.05, 0.1) is 18.3 Å². The van der Waals surface area contributed by atoms with Gasteiger partial charge in [0.15, 0.2) is 17.6 Å². The molecule has 0 radical (unpaired) electrons. The Kier molecular flexibility index (Phi) is 3.82. The fourth-order valence-electron chi connectivity index (χ4n) is 2.31.